The number of amides is 2. The van der Waals surface area contributed by atoms with E-state index in [0.717, 1.165) is 57.7 Å². The maximum Gasteiger partial charge on any atom is 0.304 e. The molecule has 10 heteroatoms. The number of carbonyl (C=O) groups is 2. The first-order chi connectivity index (χ1) is 17.8. The summed E-state index contributed by atoms with van der Waals surface area (Å²) in [7, 11) is -2.61. The van der Waals surface area contributed by atoms with Gasteiger partial charge in [-0.3, -0.25) is 9.59 Å². The molecule has 2 aromatic heterocycles. The summed E-state index contributed by atoms with van der Waals surface area (Å²) in [5, 5.41) is 3.94. The first-order valence-electron chi connectivity index (χ1n) is 12.7. The van der Waals surface area contributed by atoms with Crippen LogP contribution in [0.4, 0.5) is 0 Å². The predicted molar refractivity (Wildman–Crippen MR) is 141 cm³/mol. The Hall–Kier alpha value is -3.37. The minimum atomic E-state index is -4.02. The highest BCUT2D eigenvalue weighted by molar-refractivity contribution is 7.87. The summed E-state index contributed by atoms with van der Waals surface area (Å²) in [5.74, 6) is -0.531. The van der Waals surface area contributed by atoms with Crippen molar-refractivity contribution in [2.45, 2.75) is 51.0 Å². The smallest absolute Gasteiger partial charge is 0.304 e. The topological polar surface area (TPSA) is 114 Å². The van der Waals surface area contributed by atoms with Crippen LogP contribution in [0.5, 0.6) is 0 Å². The molecule has 1 aromatic carbocycles. The van der Waals surface area contributed by atoms with E-state index in [0.29, 0.717) is 18.9 Å². The van der Waals surface area contributed by atoms with Gasteiger partial charge in [0.05, 0.1) is 23.7 Å². The van der Waals surface area contributed by atoms with E-state index in [9.17, 15) is 18.0 Å². The molecular formula is C27H32N4O5S. The van der Waals surface area contributed by atoms with Crippen molar-refractivity contribution in [3.8, 4) is 11.3 Å². The van der Waals surface area contributed by atoms with Gasteiger partial charge in [-0.25, -0.2) is 4.72 Å². The van der Waals surface area contributed by atoms with Crippen molar-refractivity contribution in [3.05, 3.63) is 60.1 Å². The zero-order chi connectivity index (χ0) is 26.0. The number of rotatable bonds is 2. The van der Waals surface area contributed by atoms with Crippen molar-refractivity contribution < 1.29 is 22.4 Å². The fourth-order valence-electron chi connectivity index (χ4n) is 5.38. The molecule has 2 amide bonds. The highest BCUT2D eigenvalue weighted by atomic mass is 32.2. The quantitative estimate of drug-likeness (QED) is 0.493. The third-order valence-corrected chi connectivity index (χ3v) is 8.68. The van der Waals surface area contributed by atoms with Crippen LogP contribution in [0.3, 0.4) is 0 Å². The average molecular weight is 525 g/mol. The largest absolute Gasteiger partial charge is 0.472 e. The number of benzene rings is 1. The molecule has 2 bridgehead atoms. The summed E-state index contributed by atoms with van der Waals surface area (Å²) < 4.78 is 36.1. The molecule has 9 nitrogen and oxygen atoms in total. The molecule has 2 aliphatic rings. The molecule has 2 N–H and O–H groups in total. The number of aromatic nitrogens is 1. The molecule has 1 fully saturated rings. The summed E-state index contributed by atoms with van der Waals surface area (Å²) in [6.07, 6.45) is 13.0. The Morgan fingerprint density at radius 3 is 2.59 bits per heavy atom. The van der Waals surface area contributed by atoms with Crippen LogP contribution in [-0.4, -0.2) is 49.2 Å². The highest BCUT2D eigenvalue weighted by Gasteiger charge is 2.29. The van der Waals surface area contributed by atoms with Gasteiger partial charge in [-0.1, -0.05) is 37.5 Å². The van der Waals surface area contributed by atoms with E-state index in [1.165, 1.54) is 13.5 Å². The van der Waals surface area contributed by atoms with Gasteiger partial charge in [0.2, 0.25) is 5.91 Å². The molecule has 1 saturated carbocycles. The fourth-order valence-corrected chi connectivity index (χ4v) is 6.17. The molecule has 0 spiro atoms. The van der Waals surface area contributed by atoms with Crippen LogP contribution >= 0.6 is 0 Å². The lowest BCUT2D eigenvalue weighted by Crippen LogP contribution is -2.41. The number of furan rings is 1. The van der Waals surface area contributed by atoms with E-state index in [2.05, 4.69) is 10.0 Å². The molecular weight excluding hydrogens is 492 g/mol. The molecule has 196 valence electrons. The second-order valence-corrected chi connectivity index (χ2v) is 11.5. The zero-order valence-corrected chi connectivity index (χ0v) is 21.7. The van der Waals surface area contributed by atoms with Gasteiger partial charge >= 0.3 is 10.2 Å². The number of likely N-dealkylation sites (N-methyl/N-ethyl adjacent to an activating group) is 1. The molecule has 3 heterocycles. The third-order valence-electron chi connectivity index (χ3n) is 7.27. The summed E-state index contributed by atoms with van der Waals surface area (Å²) in [6.45, 7) is 0.611. The maximum absolute atomic E-state index is 13.1. The van der Waals surface area contributed by atoms with Crippen LogP contribution in [0.15, 0.2) is 53.4 Å². The third kappa shape index (κ3) is 5.21. The van der Waals surface area contributed by atoms with Gasteiger partial charge in [-0.15, -0.1) is 0 Å². The first kappa shape index (κ1) is 25.3. The van der Waals surface area contributed by atoms with Crippen molar-refractivity contribution in [3.63, 3.8) is 0 Å². The summed E-state index contributed by atoms with van der Waals surface area (Å²) in [4.78, 5) is 26.1. The molecule has 3 aromatic rings. The molecule has 37 heavy (non-hydrogen) atoms. The van der Waals surface area contributed by atoms with Crippen LogP contribution in [0.25, 0.3) is 22.2 Å². The van der Waals surface area contributed by atoms with Gasteiger partial charge in [0.15, 0.2) is 0 Å². The average Bonchev–Trinajstić information content (AvgIpc) is 3.52. The number of fused-ring (bicyclic) bond motifs is 1. The highest BCUT2D eigenvalue weighted by Crippen LogP contribution is 2.44. The number of nitrogens with one attached hydrogen (secondary N) is 2. The molecule has 1 aliphatic carbocycles. The summed E-state index contributed by atoms with van der Waals surface area (Å²) in [5.41, 5.74) is 3.87. The zero-order valence-electron chi connectivity index (χ0n) is 20.9. The Bertz CT molecular complexity index is 1430. The Morgan fingerprint density at radius 1 is 1.03 bits per heavy atom. The van der Waals surface area contributed by atoms with E-state index >= 15 is 0 Å². The van der Waals surface area contributed by atoms with E-state index in [4.69, 9.17) is 4.42 Å². The number of carbonyl (C=O) groups excluding carboxylic acids is 2. The van der Waals surface area contributed by atoms with Gasteiger partial charge in [-0.2, -0.15) is 12.7 Å². The molecule has 0 atom stereocenters. The predicted octanol–water partition coefficient (Wildman–Crippen LogP) is 3.93. The van der Waals surface area contributed by atoms with Crippen molar-refractivity contribution in [1.82, 2.24) is 18.9 Å². The Balaban J connectivity index is 1.69. The van der Waals surface area contributed by atoms with E-state index in [-0.39, 0.29) is 24.6 Å². The Labute approximate surface area is 216 Å². The standard InChI is InChI=1S/C27H32N4O5S/c1-30-14-7-3-6-13-28-24(32)17-31-23-16-20(27(33)29-37(30,34)35)10-11-22(23)25(19-8-4-2-5-9-19)26(31)21-12-15-36-18-21/h3,7,10-12,15-16,18-19H,2,4-6,8-9,13-14,17H2,1H3,(H,28,32)(H,29,33). The van der Waals surface area contributed by atoms with Crippen LogP contribution in [0, 0.1) is 0 Å². The van der Waals surface area contributed by atoms with E-state index in [1.54, 1.807) is 30.7 Å². The summed E-state index contributed by atoms with van der Waals surface area (Å²) >= 11 is 0. The number of nitrogens with zero attached hydrogens (tertiary/aromatic N) is 2. The van der Waals surface area contributed by atoms with Crippen molar-refractivity contribution in [1.29, 1.82) is 0 Å². The SMILES string of the molecule is CN1CC=CCCNC(=O)Cn2c(-c3ccoc3)c(C3CCCCC3)c3ccc(cc32)C(=O)NS1(=O)=O. The van der Waals surface area contributed by atoms with E-state index in [1.807, 2.05) is 22.8 Å². The van der Waals surface area contributed by atoms with E-state index < -0.39 is 16.1 Å². The van der Waals surface area contributed by atoms with Crippen LogP contribution in [-0.2, 0) is 21.5 Å². The Morgan fingerprint density at radius 2 is 1.84 bits per heavy atom. The minimum Gasteiger partial charge on any atom is -0.472 e. The fraction of sp³-hybridized carbons (Fsp3) is 0.407. The van der Waals surface area contributed by atoms with Gasteiger partial charge < -0.3 is 14.3 Å². The number of hydrogen-bond donors (Lipinski definition) is 2. The van der Waals surface area contributed by atoms with Crippen molar-refractivity contribution in [2.75, 3.05) is 20.1 Å². The lowest BCUT2D eigenvalue weighted by molar-refractivity contribution is -0.121. The van der Waals surface area contributed by atoms with Gasteiger partial charge in [0.25, 0.3) is 5.91 Å². The van der Waals surface area contributed by atoms with Crippen molar-refractivity contribution in [2.24, 2.45) is 0 Å². The normalized spacial score (nSPS) is 20.2. The number of hydrogen-bond acceptors (Lipinski definition) is 5. The Kier molecular flexibility index (Phi) is 7.21. The first-order valence-corrected chi connectivity index (χ1v) is 14.2. The van der Waals surface area contributed by atoms with Gasteiger partial charge in [0.1, 0.15) is 6.54 Å². The van der Waals surface area contributed by atoms with Gasteiger partial charge in [-0.05, 0) is 48.9 Å². The summed E-state index contributed by atoms with van der Waals surface area (Å²) in [6, 6.07) is 7.12. The van der Waals surface area contributed by atoms with Gasteiger partial charge in [0, 0.05) is 36.7 Å². The minimum absolute atomic E-state index is 0.0690. The molecule has 0 radical (unpaired) electrons. The lowest BCUT2D eigenvalue weighted by atomic mass is 9.82. The van der Waals surface area contributed by atoms with Crippen LogP contribution < -0.4 is 10.0 Å². The monoisotopic (exact) mass is 524 g/mol. The second-order valence-electron chi connectivity index (χ2n) is 9.75. The van der Waals surface area contributed by atoms with Crippen LogP contribution in [0.1, 0.15) is 60.4 Å². The molecule has 0 saturated heterocycles. The lowest BCUT2D eigenvalue weighted by Gasteiger charge is -2.23. The second kappa shape index (κ2) is 10.5. The molecule has 0 unspecified atom stereocenters. The van der Waals surface area contributed by atoms with Crippen molar-refractivity contribution >= 4 is 32.9 Å². The molecule has 1 aliphatic heterocycles. The van der Waals surface area contributed by atoms with Crippen LogP contribution in [0.2, 0.25) is 0 Å². The molecule has 5 rings (SSSR count). The maximum atomic E-state index is 13.1.